The zero-order chi connectivity index (χ0) is 39.7. The molecule has 0 bridgehead atoms. The van der Waals surface area contributed by atoms with E-state index in [4.69, 9.17) is 0 Å². The van der Waals surface area contributed by atoms with Gasteiger partial charge in [-0.2, -0.15) is 0 Å². The van der Waals surface area contributed by atoms with Gasteiger partial charge < -0.3 is 53.2 Å². The van der Waals surface area contributed by atoms with E-state index in [9.17, 15) is 24.0 Å². The largest absolute Gasteiger partial charge is 0.354 e. The molecule has 0 aromatic heterocycles. The number of amides is 4. The molecule has 0 heterocycles. The number of hydrogen-bond acceptors (Lipinski definition) is 11. The lowest BCUT2D eigenvalue weighted by molar-refractivity contribution is -0.131. The summed E-state index contributed by atoms with van der Waals surface area (Å²) in [5.74, 6) is -1.01. The molecule has 0 aliphatic rings. The number of Topliss-reactive ketones (excluding diaryl/α,β-unsaturated/α-hetero) is 1. The molecule has 310 valence electrons. The van der Waals surface area contributed by atoms with E-state index in [1.54, 1.807) is 14.1 Å². The van der Waals surface area contributed by atoms with Crippen LogP contribution in [0.4, 0.5) is 0 Å². The van der Waals surface area contributed by atoms with Crippen molar-refractivity contribution in [2.24, 2.45) is 0 Å². The van der Waals surface area contributed by atoms with Crippen LogP contribution in [0, 0.1) is 0 Å². The fourth-order valence-corrected chi connectivity index (χ4v) is 6.23. The van der Waals surface area contributed by atoms with E-state index >= 15 is 0 Å². The van der Waals surface area contributed by atoms with Gasteiger partial charge in [0, 0.05) is 19.0 Å². The molecule has 0 rings (SSSR count). The molecule has 53 heavy (non-hydrogen) atoms. The SMILES string of the molecule is CNCCCCCC(NC)C(=O)NC(CCCCNC)C(=O)NCCCC(CC(C)=O)NC(=O)C(CCCCNC)NC(=O)C(CCCCNC)NC. The molecular weight excluding hydrogens is 676 g/mol. The smallest absolute Gasteiger partial charge is 0.242 e. The zero-order valence-electron chi connectivity index (χ0n) is 34.3. The number of carbonyl (C=O) groups excluding carboxylic acids is 5. The van der Waals surface area contributed by atoms with Gasteiger partial charge in [0.2, 0.25) is 23.6 Å². The summed E-state index contributed by atoms with van der Waals surface area (Å²) < 4.78 is 0. The Labute approximate surface area is 321 Å². The summed E-state index contributed by atoms with van der Waals surface area (Å²) in [6.45, 7) is 5.27. The number of likely N-dealkylation sites (N-methyl/N-ethyl adjacent to an activating group) is 2. The zero-order valence-corrected chi connectivity index (χ0v) is 34.3. The molecular formula is C38H78N10O5. The van der Waals surface area contributed by atoms with Gasteiger partial charge in [-0.25, -0.2) is 0 Å². The maximum absolute atomic E-state index is 13.6. The summed E-state index contributed by atoms with van der Waals surface area (Å²) in [5.41, 5.74) is 0. The van der Waals surface area contributed by atoms with Crippen LogP contribution in [0.25, 0.3) is 0 Å². The van der Waals surface area contributed by atoms with Crippen molar-refractivity contribution >= 4 is 29.4 Å². The standard InChI is InChI=1S/C38H78N10O5/c1-29(49)28-30(46-38(53)34(22-12-16-26-42-5)48-37(52)32(44-7)20-10-14-24-40-3)18-17-27-45-35(50)33(21-11-15-25-41-4)47-36(51)31(43-6)19-9-8-13-23-39-2/h30-34,39-44H,8-28H2,1-7H3,(H,45,50)(H,46,53)(H,47,51)(H,48,52). The molecule has 5 atom stereocenters. The van der Waals surface area contributed by atoms with Gasteiger partial charge >= 0.3 is 0 Å². The first-order valence-corrected chi connectivity index (χ1v) is 20.2. The molecule has 0 saturated carbocycles. The number of ketones is 1. The topological polar surface area (TPSA) is 206 Å². The van der Waals surface area contributed by atoms with Gasteiger partial charge in [0.05, 0.1) is 12.1 Å². The van der Waals surface area contributed by atoms with Crippen LogP contribution in [0.3, 0.4) is 0 Å². The Morgan fingerprint density at radius 3 is 1.19 bits per heavy atom. The minimum Gasteiger partial charge on any atom is -0.354 e. The van der Waals surface area contributed by atoms with Crippen molar-refractivity contribution in [3.63, 3.8) is 0 Å². The van der Waals surface area contributed by atoms with Gasteiger partial charge in [0.25, 0.3) is 0 Å². The quantitative estimate of drug-likeness (QED) is 0.0398. The third-order valence-corrected chi connectivity index (χ3v) is 9.43. The Balaban J connectivity index is 5.43. The van der Waals surface area contributed by atoms with E-state index in [2.05, 4.69) is 53.2 Å². The van der Waals surface area contributed by atoms with Crippen LogP contribution < -0.4 is 53.2 Å². The monoisotopic (exact) mass is 755 g/mol. The van der Waals surface area contributed by atoms with Crippen molar-refractivity contribution in [2.75, 3.05) is 75.0 Å². The Hall–Kier alpha value is -2.69. The van der Waals surface area contributed by atoms with Crippen molar-refractivity contribution in [1.29, 1.82) is 0 Å². The summed E-state index contributed by atoms with van der Waals surface area (Å²) in [5, 5.41) is 30.6. The van der Waals surface area contributed by atoms with E-state index in [-0.39, 0.29) is 41.9 Å². The van der Waals surface area contributed by atoms with E-state index in [0.717, 1.165) is 84.0 Å². The Morgan fingerprint density at radius 1 is 0.396 bits per heavy atom. The average molecular weight is 755 g/mol. The van der Waals surface area contributed by atoms with Crippen molar-refractivity contribution in [3.05, 3.63) is 0 Å². The predicted molar refractivity (Wildman–Crippen MR) is 215 cm³/mol. The second kappa shape index (κ2) is 33.8. The van der Waals surface area contributed by atoms with E-state index in [1.807, 2.05) is 28.2 Å². The van der Waals surface area contributed by atoms with Crippen LogP contribution in [-0.2, 0) is 24.0 Å². The highest BCUT2D eigenvalue weighted by molar-refractivity contribution is 5.90. The number of unbranched alkanes of at least 4 members (excludes halogenated alkanes) is 5. The van der Waals surface area contributed by atoms with Crippen LogP contribution in [0.2, 0.25) is 0 Å². The Bertz CT molecular complexity index is 989. The molecule has 0 aliphatic carbocycles. The maximum atomic E-state index is 13.6. The molecule has 10 N–H and O–H groups in total. The van der Waals surface area contributed by atoms with Gasteiger partial charge in [-0.15, -0.1) is 0 Å². The molecule has 4 amide bonds. The van der Waals surface area contributed by atoms with Crippen molar-refractivity contribution in [2.45, 2.75) is 140 Å². The van der Waals surface area contributed by atoms with Crippen molar-refractivity contribution < 1.29 is 24.0 Å². The molecule has 0 saturated heterocycles. The first kappa shape index (κ1) is 50.3. The predicted octanol–water partition coefficient (Wildman–Crippen LogP) is 0.441. The van der Waals surface area contributed by atoms with Crippen LogP contribution in [0.1, 0.15) is 110 Å². The summed E-state index contributed by atoms with van der Waals surface area (Å²) in [6, 6.07) is -2.63. The first-order chi connectivity index (χ1) is 25.6. The molecule has 15 nitrogen and oxygen atoms in total. The van der Waals surface area contributed by atoms with Gasteiger partial charge in [-0.3, -0.25) is 24.0 Å². The van der Waals surface area contributed by atoms with Gasteiger partial charge in [0.1, 0.15) is 17.9 Å². The third-order valence-electron chi connectivity index (χ3n) is 9.43. The van der Waals surface area contributed by atoms with Gasteiger partial charge in [0.15, 0.2) is 0 Å². The van der Waals surface area contributed by atoms with E-state index in [1.165, 1.54) is 6.92 Å². The van der Waals surface area contributed by atoms with Gasteiger partial charge in [-0.05, 0) is 152 Å². The Morgan fingerprint density at radius 2 is 0.774 bits per heavy atom. The first-order valence-electron chi connectivity index (χ1n) is 20.2. The van der Waals surface area contributed by atoms with Crippen LogP contribution >= 0.6 is 0 Å². The summed E-state index contributed by atoms with van der Waals surface area (Å²) >= 11 is 0. The number of carbonyl (C=O) groups is 5. The lowest BCUT2D eigenvalue weighted by Crippen LogP contribution is -2.54. The van der Waals surface area contributed by atoms with Crippen LogP contribution in [-0.4, -0.2) is 135 Å². The highest BCUT2D eigenvalue weighted by atomic mass is 16.2. The molecule has 15 heteroatoms. The van der Waals surface area contributed by atoms with Crippen molar-refractivity contribution in [3.8, 4) is 0 Å². The number of rotatable bonds is 36. The Kier molecular flexibility index (Phi) is 32.1. The summed E-state index contributed by atoms with van der Waals surface area (Å²) in [6.07, 6.45) is 11.5. The molecule has 0 fully saturated rings. The lowest BCUT2D eigenvalue weighted by atomic mass is 10.0. The highest BCUT2D eigenvalue weighted by Crippen LogP contribution is 2.10. The van der Waals surface area contributed by atoms with Crippen LogP contribution in [0.5, 0.6) is 0 Å². The highest BCUT2D eigenvalue weighted by Gasteiger charge is 2.27. The maximum Gasteiger partial charge on any atom is 0.242 e. The normalized spacial score (nSPS) is 14.1. The molecule has 0 aliphatic heterocycles. The molecule has 0 aromatic rings. The number of hydrogen-bond donors (Lipinski definition) is 10. The molecule has 0 radical (unpaired) electrons. The fraction of sp³-hybridized carbons (Fsp3) is 0.868. The summed E-state index contributed by atoms with van der Waals surface area (Å²) in [4.78, 5) is 65.6. The minimum atomic E-state index is -0.733. The van der Waals surface area contributed by atoms with Crippen molar-refractivity contribution in [1.82, 2.24) is 53.2 Å². The van der Waals surface area contributed by atoms with Crippen LogP contribution in [0.15, 0.2) is 0 Å². The third kappa shape index (κ3) is 25.9. The molecule has 5 unspecified atom stereocenters. The number of nitrogens with one attached hydrogen (secondary N) is 10. The molecule has 0 spiro atoms. The van der Waals surface area contributed by atoms with E-state index in [0.29, 0.717) is 45.1 Å². The second-order valence-electron chi connectivity index (χ2n) is 14.1. The fourth-order valence-electron chi connectivity index (χ4n) is 6.23. The second-order valence-corrected chi connectivity index (χ2v) is 14.1. The van der Waals surface area contributed by atoms with Gasteiger partial charge in [-0.1, -0.05) is 19.3 Å². The minimum absolute atomic E-state index is 0.0591. The summed E-state index contributed by atoms with van der Waals surface area (Å²) in [7, 11) is 11.1. The molecule has 0 aromatic carbocycles. The lowest BCUT2D eigenvalue weighted by Gasteiger charge is -2.25. The average Bonchev–Trinajstić information content (AvgIpc) is 3.13. The van der Waals surface area contributed by atoms with E-state index < -0.39 is 24.2 Å².